The lowest BCUT2D eigenvalue weighted by molar-refractivity contribution is -0.111. The highest BCUT2D eigenvalue weighted by Gasteiger charge is 2.35. The molecule has 3 aromatic rings. The van der Waals surface area contributed by atoms with Gasteiger partial charge in [-0.05, 0) is 84.9 Å². The van der Waals surface area contributed by atoms with Gasteiger partial charge in [-0.15, -0.1) is 0 Å². The van der Waals surface area contributed by atoms with E-state index in [1.807, 2.05) is 49.4 Å². The Labute approximate surface area is 209 Å². The minimum absolute atomic E-state index is 0.0699. The molecular weight excluding hydrogens is 454 g/mol. The van der Waals surface area contributed by atoms with Gasteiger partial charge in [0.1, 0.15) is 0 Å². The maximum atomic E-state index is 13.0. The summed E-state index contributed by atoms with van der Waals surface area (Å²) in [5, 5.41) is 17.6. The average molecular weight is 484 g/mol. The van der Waals surface area contributed by atoms with Crippen molar-refractivity contribution in [2.75, 3.05) is 25.0 Å². The third-order valence-electron chi connectivity index (χ3n) is 7.30. The van der Waals surface area contributed by atoms with E-state index in [4.69, 9.17) is 0 Å². The number of nitrogens with one attached hydrogen (secondary N) is 2. The zero-order valence-corrected chi connectivity index (χ0v) is 20.2. The molecule has 7 heteroatoms. The van der Waals surface area contributed by atoms with E-state index in [1.165, 1.54) is 24.3 Å². The van der Waals surface area contributed by atoms with Crippen molar-refractivity contribution < 1.29 is 19.5 Å². The van der Waals surface area contributed by atoms with Gasteiger partial charge in [0, 0.05) is 24.2 Å². The topological polar surface area (TPSA) is 98.7 Å². The normalized spacial score (nSPS) is 21.2. The summed E-state index contributed by atoms with van der Waals surface area (Å²) in [4.78, 5) is 39.9. The number of allylic oxidation sites excluding steroid dienone is 1. The minimum atomic E-state index is -1.18. The molecule has 2 amide bonds. The molecule has 1 unspecified atom stereocenters. The standard InChI is InChI=1S/C29H29N3O4/c1-18(21-7-6-19-4-2-3-5-22(19)15-21)14-27(33)30-25-16-23(8-9-24(25)29(35)36)28(34)31-26-17-32-12-10-20(26)11-13-32/h2-9,14-16,20,26H,10-13,17H2,1H3,(H,30,33)(H,31,34)(H,35,36)/b18-14-. The van der Waals surface area contributed by atoms with Crippen LogP contribution in [-0.2, 0) is 4.79 Å². The fraction of sp³-hybridized carbons (Fsp3) is 0.276. The van der Waals surface area contributed by atoms with Crippen molar-refractivity contribution in [3.8, 4) is 0 Å². The number of aromatic carboxylic acids is 1. The SMILES string of the molecule is C/C(=C/C(=O)Nc1cc(C(=O)NC2CN3CCC2CC3)ccc1C(=O)O)c1ccc2ccccc2c1. The number of hydrogen-bond acceptors (Lipinski definition) is 4. The Balaban J connectivity index is 1.33. The van der Waals surface area contributed by atoms with Crippen molar-refractivity contribution >= 4 is 39.8 Å². The van der Waals surface area contributed by atoms with Crippen molar-refractivity contribution in [3.05, 3.63) is 83.4 Å². The van der Waals surface area contributed by atoms with Gasteiger partial charge in [-0.1, -0.05) is 36.4 Å². The molecule has 0 spiro atoms. The first kappa shape index (κ1) is 23.8. The second-order valence-electron chi connectivity index (χ2n) is 9.66. The number of carbonyl (C=O) groups excluding carboxylic acids is 2. The first-order valence-electron chi connectivity index (χ1n) is 12.3. The lowest BCUT2D eigenvalue weighted by atomic mass is 9.84. The molecule has 3 aliphatic heterocycles. The summed E-state index contributed by atoms with van der Waals surface area (Å²) in [7, 11) is 0. The smallest absolute Gasteiger partial charge is 0.337 e. The van der Waals surface area contributed by atoms with E-state index in [0.29, 0.717) is 11.5 Å². The number of rotatable bonds is 6. The van der Waals surface area contributed by atoms with Gasteiger partial charge in [0.25, 0.3) is 5.91 Å². The van der Waals surface area contributed by atoms with Crippen molar-refractivity contribution in [1.29, 1.82) is 0 Å². The predicted molar refractivity (Wildman–Crippen MR) is 140 cm³/mol. The molecule has 0 radical (unpaired) electrons. The lowest BCUT2D eigenvalue weighted by Gasteiger charge is -2.44. The third kappa shape index (κ3) is 5.02. The van der Waals surface area contributed by atoms with Gasteiger partial charge in [0.05, 0.1) is 11.3 Å². The Kier molecular flexibility index (Phi) is 6.57. The number of carboxylic acids is 1. The van der Waals surface area contributed by atoms with Crippen LogP contribution in [0.15, 0.2) is 66.7 Å². The molecule has 0 saturated carbocycles. The van der Waals surface area contributed by atoms with Gasteiger partial charge < -0.3 is 20.6 Å². The number of piperidine rings is 3. The zero-order valence-electron chi connectivity index (χ0n) is 20.2. The summed E-state index contributed by atoms with van der Waals surface area (Å²) >= 11 is 0. The van der Waals surface area contributed by atoms with E-state index in [1.54, 1.807) is 0 Å². The van der Waals surface area contributed by atoms with Crippen LogP contribution in [0, 0.1) is 5.92 Å². The summed E-state index contributed by atoms with van der Waals surface area (Å²) in [5.74, 6) is -1.42. The number of anilines is 1. The van der Waals surface area contributed by atoms with E-state index < -0.39 is 11.9 Å². The molecule has 7 nitrogen and oxygen atoms in total. The first-order chi connectivity index (χ1) is 17.4. The van der Waals surface area contributed by atoms with Crippen LogP contribution in [0.4, 0.5) is 5.69 Å². The molecule has 3 N–H and O–H groups in total. The van der Waals surface area contributed by atoms with Gasteiger partial charge >= 0.3 is 5.97 Å². The summed E-state index contributed by atoms with van der Waals surface area (Å²) < 4.78 is 0. The van der Waals surface area contributed by atoms with E-state index in [0.717, 1.165) is 54.4 Å². The highest BCUT2D eigenvalue weighted by molar-refractivity contribution is 6.08. The molecule has 3 aliphatic rings. The monoisotopic (exact) mass is 483 g/mol. The quantitative estimate of drug-likeness (QED) is 0.452. The largest absolute Gasteiger partial charge is 0.478 e. The number of carbonyl (C=O) groups is 3. The Hall–Kier alpha value is -3.97. The Morgan fingerprint density at radius 2 is 1.67 bits per heavy atom. The molecule has 3 heterocycles. The van der Waals surface area contributed by atoms with Crippen molar-refractivity contribution in [2.24, 2.45) is 5.92 Å². The molecule has 0 aliphatic carbocycles. The fourth-order valence-electron chi connectivity index (χ4n) is 5.24. The number of nitrogens with zero attached hydrogens (tertiary/aromatic N) is 1. The maximum Gasteiger partial charge on any atom is 0.337 e. The Morgan fingerprint density at radius 1 is 0.944 bits per heavy atom. The molecule has 1 atom stereocenters. The summed E-state index contributed by atoms with van der Waals surface area (Å²) in [6, 6.07) is 18.3. The van der Waals surface area contributed by atoms with Crippen LogP contribution in [0.3, 0.4) is 0 Å². The molecule has 3 fully saturated rings. The van der Waals surface area contributed by atoms with Gasteiger partial charge in [0.15, 0.2) is 0 Å². The van der Waals surface area contributed by atoms with Crippen molar-refractivity contribution in [3.63, 3.8) is 0 Å². The number of carboxylic acid groups (broad SMARTS) is 1. The van der Waals surface area contributed by atoms with Gasteiger partial charge in [-0.3, -0.25) is 9.59 Å². The van der Waals surface area contributed by atoms with E-state index >= 15 is 0 Å². The van der Waals surface area contributed by atoms with Crippen molar-refractivity contribution in [1.82, 2.24) is 10.2 Å². The van der Waals surface area contributed by atoms with Crippen LogP contribution in [0.1, 0.15) is 46.0 Å². The van der Waals surface area contributed by atoms with E-state index in [2.05, 4.69) is 15.5 Å². The lowest BCUT2D eigenvalue weighted by Crippen LogP contribution is -2.57. The number of hydrogen-bond donors (Lipinski definition) is 3. The molecular formula is C29H29N3O4. The zero-order chi connectivity index (χ0) is 25.2. The molecule has 3 aromatic carbocycles. The second-order valence-corrected chi connectivity index (χ2v) is 9.66. The Bertz CT molecular complexity index is 1370. The van der Waals surface area contributed by atoms with E-state index in [-0.39, 0.29) is 23.2 Å². The van der Waals surface area contributed by atoms with Crippen LogP contribution in [0.5, 0.6) is 0 Å². The van der Waals surface area contributed by atoms with Crippen molar-refractivity contribution in [2.45, 2.75) is 25.8 Å². The molecule has 0 aromatic heterocycles. The van der Waals surface area contributed by atoms with E-state index in [9.17, 15) is 19.5 Å². The average Bonchev–Trinajstić information content (AvgIpc) is 2.88. The molecule has 3 saturated heterocycles. The van der Waals surface area contributed by atoms with Crippen LogP contribution in [0.2, 0.25) is 0 Å². The molecule has 36 heavy (non-hydrogen) atoms. The number of benzene rings is 3. The first-order valence-corrected chi connectivity index (χ1v) is 12.3. The van der Waals surface area contributed by atoms with Crippen LogP contribution in [0.25, 0.3) is 16.3 Å². The molecule has 6 rings (SSSR count). The third-order valence-corrected chi connectivity index (χ3v) is 7.30. The molecule has 184 valence electrons. The van der Waals surface area contributed by atoms with Gasteiger partial charge in [0.2, 0.25) is 5.91 Å². The summed E-state index contributed by atoms with van der Waals surface area (Å²) in [5.41, 5.74) is 1.98. The fourth-order valence-corrected chi connectivity index (χ4v) is 5.24. The predicted octanol–water partition coefficient (Wildman–Crippen LogP) is 4.40. The second kappa shape index (κ2) is 9.95. The number of amides is 2. The van der Waals surface area contributed by atoms with Crippen LogP contribution in [-0.4, -0.2) is 53.5 Å². The highest BCUT2D eigenvalue weighted by Crippen LogP contribution is 2.28. The Morgan fingerprint density at radius 3 is 2.36 bits per heavy atom. The summed E-state index contributed by atoms with van der Waals surface area (Å²) in [6.45, 7) is 4.82. The maximum absolute atomic E-state index is 13.0. The summed E-state index contributed by atoms with van der Waals surface area (Å²) in [6.07, 6.45) is 3.59. The van der Waals surface area contributed by atoms with Crippen LogP contribution < -0.4 is 10.6 Å². The van der Waals surface area contributed by atoms with Crippen LogP contribution >= 0.6 is 0 Å². The highest BCUT2D eigenvalue weighted by atomic mass is 16.4. The molecule has 2 bridgehead atoms. The number of fused-ring (bicyclic) bond motifs is 4. The minimum Gasteiger partial charge on any atom is -0.478 e. The van der Waals surface area contributed by atoms with Gasteiger partial charge in [-0.25, -0.2) is 4.79 Å². The van der Waals surface area contributed by atoms with Gasteiger partial charge in [-0.2, -0.15) is 0 Å².